The number of ether oxygens (including phenoxy) is 1. The van der Waals surface area contributed by atoms with Crippen molar-refractivity contribution in [3.63, 3.8) is 0 Å². The summed E-state index contributed by atoms with van der Waals surface area (Å²) in [5, 5.41) is 2.88. The Hall–Kier alpha value is -0.950. The topological polar surface area (TPSA) is 67.4 Å². The van der Waals surface area contributed by atoms with Crippen molar-refractivity contribution in [2.75, 3.05) is 27.2 Å². The van der Waals surface area contributed by atoms with Crippen LogP contribution in [0.2, 0.25) is 0 Å². The Balaban J connectivity index is 2.79. The van der Waals surface area contributed by atoms with Gasteiger partial charge >= 0.3 is 0 Å². The third kappa shape index (κ3) is 4.43. The van der Waals surface area contributed by atoms with Crippen LogP contribution < -0.4 is 10.0 Å². The van der Waals surface area contributed by atoms with Gasteiger partial charge in [-0.3, -0.25) is 0 Å². The van der Waals surface area contributed by atoms with Crippen molar-refractivity contribution in [3.8, 4) is 0 Å². The quantitative estimate of drug-likeness (QED) is 0.692. The summed E-state index contributed by atoms with van der Waals surface area (Å²) in [4.78, 5) is 0.267. The Morgan fingerprint density at radius 2 is 2.06 bits per heavy atom. The van der Waals surface area contributed by atoms with Crippen molar-refractivity contribution in [2.24, 2.45) is 0 Å². The fourth-order valence-corrected chi connectivity index (χ4v) is 2.46. The monoisotopic (exact) mass is 258 g/mol. The van der Waals surface area contributed by atoms with Crippen LogP contribution >= 0.6 is 0 Å². The van der Waals surface area contributed by atoms with Crippen LogP contribution in [-0.4, -0.2) is 35.7 Å². The van der Waals surface area contributed by atoms with Crippen LogP contribution in [-0.2, 0) is 21.4 Å². The summed E-state index contributed by atoms with van der Waals surface area (Å²) in [6.07, 6.45) is 0. The first kappa shape index (κ1) is 14.1. The molecule has 0 unspecified atom stereocenters. The predicted octanol–water partition coefficient (Wildman–Crippen LogP) is 0.331. The van der Waals surface area contributed by atoms with Crippen molar-refractivity contribution in [1.82, 2.24) is 10.0 Å². The van der Waals surface area contributed by atoms with E-state index in [-0.39, 0.29) is 4.90 Å². The number of likely N-dealkylation sites (N-methyl/N-ethyl adjacent to an activating group) is 1. The number of rotatable bonds is 7. The van der Waals surface area contributed by atoms with E-state index in [0.717, 1.165) is 5.56 Å². The molecule has 0 bridgehead atoms. The van der Waals surface area contributed by atoms with Gasteiger partial charge in [0.1, 0.15) is 0 Å². The second kappa shape index (κ2) is 6.70. The van der Waals surface area contributed by atoms with Crippen molar-refractivity contribution in [3.05, 3.63) is 29.8 Å². The van der Waals surface area contributed by atoms with E-state index >= 15 is 0 Å². The molecular weight excluding hydrogens is 240 g/mol. The highest BCUT2D eigenvalue weighted by molar-refractivity contribution is 7.89. The van der Waals surface area contributed by atoms with Crippen molar-refractivity contribution in [2.45, 2.75) is 11.5 Å². The van der Waals surface area contributed by atoms with Gasteiger partial charge < -0.3 is 10.1 Å². The van der Waals surface area contributed by atoms with E-state index in [1.54, 1.807) is 32.4 Å². The lowest BCUT2D eigenvalue weighted by atomic mass is 10.2. The normalized spacial score (nSPS) is 11.6. The van der Waals surface area contributed by atoms with Gasteiger partial charge in [0.25, 0.3) is 0 Å². The van der Waals surface area contributed by atoms with Gasteiger partial charge in [-0.2, -0.15) is 0 Å². The maximum absolute atomic E-state index is 11.9. The van der Waals surface area contributed by atoms with E-state index in [4.69, 9.17) is 4.74 Å². The van der Waals surface area contributed by atoms with Crippen LogP contribution in [0, 0.1) is 0 Å². The molecule has 0 aliphatic heterocycles. The number of benzene rings is 1. The second-order valence-corrected chi connectivity index (χ2v) is 5.35. The summed E-state index contributed by atoms with van der Waals surface area (Å²) in [5.74, 6) is 0. The minimum absolute atomic E-state index is 0.267. The number of sulfonamides is 1. The van der Waals surface area contributed by atoms with Crippen LogP contribution in [0.15, 0.2) is 29.2 Å². The van der Waals surface area contributed by atoms with Crippen molar-refractivity contribution in [1.29, 1.82) is 0 Å². The molecule has 2 N–H and O–H groups in total. The highest BCUT2D eigenvalue weighted by atomic mass is 32.2. The Labute approximate surface area is 102 Å². The van der Waals surface area contributed by atoms with E-state index in [9.17, 15) is 8.42 Å². The van der Waals surface area contributed by atoms with Gasteiger partial charge in [0, 0.05) is 20.2 Å². The molecule has 96 valence electrons. The lowest BCUT2D eigenvalue weighted by Gasteiger charge is -2.07. The molecule has 17 heavy (non-hydrogen) atoms. The molecular formula is C11H18N2O3S. The molecule has 1 aromatic carbocycles. The van der Waals surface area contributed by atoms with E-state index in [2.05, 4.69) is 10.0 Å². The third-order valence-corrected chi connectivity index (χ3v) is 3.65. The molecule has 1 rings (SSSR count). The molecule has 0 saturated heterocycles. The predicted molar refractivity (Wildman–Crippen MR) is 66.3 cm³/mol. The molecule has 0 fully saturated rings. The van der Waals surface area contributed by atoms with Crippen molar-refractivity contribution >= 4 is 10.0 Å². The Morgan fingerprint density at radius 1 is 1.29 bits per heavy atom. The largest absolute Gasteiger partial charge is 0.380 e. The van der Waals surface area contributed by atoms with Crippen LogP contribution in [0.1, 0.15) is 5.56 Å². The average molecular weight is 258 g/mol. The number of methoxy groups -OCH3 is 1. The van der Waals surface area contributed by atoms with Crippen molar-refractivity contribution < 1.29 is 13.2 Å². The maximum atomic E-state index is 11.9. The molecule has 0 saturated carbocycles. The molecule has 0 heterocycles. The summed E-state index contributed by atoms with van der Waals surface area (Å²) >= 11 is 0. The molecule has 6 heteroatoms. The Morgan fingerprint density at radius 3 is 2.71 bits per heavy atom. The molecule has 1 aromatic rings. The number of hydrogen-bond donors (Lipinski definition) is 2. The molecule has 0 atom stereocenters. The fourth-order valence-electron chi connectivity index (χ4n) is 1.36. The van der Waals surface area contributed by atoms with Gasteiger partial charge in [-0.15, -0.1) is 0 Å². The summed E-state index contributed by atoms with van der Waals surface area (Å²) in [7, 11) is -0.0718. The lowest BCUT2D eigenvalue weighted by molar-refractivity contribution is 0.184. The van der Waals surface area contributed by atoms with Gasteiger partial charge in [0.2, 0.25) is 10.0 Å². The summed E-state index contributed by atoms with van der Waals surface area (Å²) in [6.45, 7) is 1.37. The smallest absolute Gasteiger partial charge is 0.240 e. The molecule has 0 spiro atoms. The highest BCUT2D eigenvalue weighted by Crippen LogP contribution is 2.11. The second-order valence-electron chi connectivity index (χ2n) is 3.58. The zero-order valence-electron chi connectivity index (χ0n) is 10.1. The van der Waals surface area contributed by atoms with Crippen LogP contribution in [0.25, 0.3) is 0 Å². The summed E-state index contributed by atoms with van der Waals surface area (Å²) < 4.78 is 31.3. The zero-order chi connectivity index (χ0) is 12.7. The third-order valence-electron chi connectivity index (χ3n) is 2.19. The van der Waals surface area contributed by atoms with Crippen LogP contribution in [0.5, 0.6) is 0 Å². The summed E-state index contributed by atoms with van der Waals surface area (Å²) in [5.41, 5.74) is 0.837. The molecule has 0 aromatic heterocycles. The van der Waals surface area contributed by atoms with E-state index < -0.39 is 10.0 Å². The fraction of sp³-hybridized carbons (Fsp3) is 0.455. The average Bonchev–Trinajstić information content (AvgIpc) is 2.30. The van der Waals surface area contributed by atoms with Crippen LogP contribution in [0.4, 0.5) is 0 Å². The first-order valence-corrected chi connectivity index (χ1v) is 6.80. The Kier molecular flexibility index (Phi) is 5.57. The minimum Gasteiger partial charge on any atom is -0.380 e. The van der Waals surface area contributed by atoms with E-state index in [1.807, 2.05) is 6.07 Å². The standard InChI is InChI=1S/C11H18N2O3S/c1-12-6-7-13-17(14,15)11-5-3-4-10(8-11)9-16-2/h3-5,8,12-13H,6-7,9H2,1-2H3. The van der Waals surface area contributed by atoms with Gasteiger partial charge in [-0.25, -0.2) is 13.1 Å². The first-order chi connectivity index (χ1) is 8.10. The van der Waals surface area contributed by atoms with Crippen LogP contribution in [0.3, 0.4) is 0 Å². The molecule has 0 aliphatic rings. The number of hydrogen-bond acceptors (Lipinski definition) is 4. The van der Waals surface area contributed by atoms with Gasteiger partial charge in [0.05, 0.1) is 11.5 Å². The molecule has 5 nitrogen and oxygen atoms in total. The number of nitrogens with one attached hydrogen (secondary N) is 2. The minimum atomic E-state index is -3.42. The van der Waals surface area contributed by atoms with E-state index in [1.165, 1.54) is 0 Å². The molecule has 0 aliphatic carbocycles. The lowest BCUT2D eigenvalue weighted by Crippen LogP contribution is -2.30. The van der Waals surface area contributed by atoms with Gasteiger partial charge in [0.15, 0.2) is 0 Å². The van der Waals surface area contributed by atoms with Gasteiger partial charge in [-0.05, 0) is 24.7 Å². The first-order valence-electron chi connectivity index (χ1n) is 5.32. The Bertz CT molecular complexity index is 446. The maximum Gasteiger partial charge on any atom is 0.240 e. The molecule has 0 radical (unpaired) electrons. The SMILES string of the molecule is CNCCNS(=O)(=O)c1cccc(COC)c1. The highest BCUT2D eigenvalue weighted by Gasteiger charge is 2.13. The van der Waals surface area contributed by atoms with Gasteiger partial charge in [-0.1, -0.05) is 12.1 Å². The van der Waals surface area contributed by atoms with E-state index in [0.29, 0.717) is 19.7 Å². The molecule has 0 amide bonds. The zero-order valence-corrected chi connectivity index (χ0v) is 10.9. The summed E-state index contributed by atoms with van der Waals surface area (Å²) in [6, 6.07) is 6.73.